The molecule has 0 bridgehead atoms. The highest BCUT2D eigenvalue weighted by Crippen LogP contribution is 2.43. The van der Waals surface area contributed by atoms with Crippen LogP contribution in [0.4, 0.5) is 11.4 Å². The summed E-state index contributed by atoms with van der Waals surface area (Å²) in [6.45, 7) is 0.320. The van der Waals surface area contributed by atoms with Gasteiger partial charge in [-0.3, -0.25) is 19.7 Å². The van der Waals surface area contributed by atoms with Crippen LogP contribution in [-0.4, -0.2) is 43.0 Å². The number of non-ortho nitro benzene ring substituents is 1. The van der Waals surface area contributed by atoms with Crippen LogP contribution in [0.1, 0.15) is 33.9 Å². The van der Waals surface area contributed by atoms with Gasteiger partial charge >= 0.3 is 0 Å². The molecule has 3 aromatic rings. The van der Waals surface area contributed by atoms with Crippen molar-refractivity contribution in [2.24, 2.45) is 0 Å². The summed E-state index contributed by atoms with van der Waals surface area (Å²) < 4.78 is 16.4. The van der Waals surface area contributed by atoms with Gasteiger partial charge in [-0.15, -0.1) is 0 Å². The van der Waals surface area contributed by atoms with E-state index in [1.807, 2.05) is 12.1 Å². The molecule has 1 aliphatic rings. The maximum Gasteiger partial charge on any atom is 0.271 e. The van der Waals surface area contributed by atoms with Crippen molar-refractivity contribution in [3.8, 4) is 17.2 Å². The van der Waals surface area contributed by atoms with Crippen LogP contribution in [-0.2, 0) is 11.3 Å². The minimum absolute atomic E-state index is 0.110. The molecule has 10 heteroatoms. The van der Waals surface area contributed by atoms with Gasteiger partial charge in [-0.2, -0.15) is 0 Å². The fraction of sp³-hybridized carbons (Fsp3) is 0.231. The number of carbonyl (C=O) groups is 2. The van der Waals surface area contributed by atoms with Gasteiger partial charge < -0.3 is 24.4 Å². The zero-order chi connectivity index (χ0) is 25.8. The molecule has 0 aromatic heterocycles. The molecular formula is C26H25N3O7. The first-order chi connectivity index (χ1) is 17.4. The summed E-state index contributed by atoms with van der Waals surface area (Å²) in [4.78, 5) is 38.7. The number of nitro benzene ring substituents is 1. The number of nitrogens with zero attached hydrogens (tertiary/aromatic N) is 2. The lowest BCUT2D eigenvalue weighted by atomic mass is 10.00. The van der Waals surface area contributed by atoms with E-state index in [0.717, 1.165) is 5.56 Å². The van der Waals surface area contributed by atoms with Crippen LogP contribution in [0.15, 0.2) is 60.7 Å². The number of benzene rings is 3. The van der Waals surface area contributed by atoms with Gasteiger partial charge in [-0.25, -0.2) is 0 Å². The predicted molar refractivity (Wildman–Crippen MR) is 131 cm³/mol. The van der Waals surface area contributed by atoms with Crippen LogP contribution in [0, 0.1) is 10.1 Å². The van der Waals surface area contributed by atoms with E-state index in [1.165, 1.54) is 39.5 Å². The van der Waals surface area contributed by atoms with Gasteiger partial charge in [0, 0.05) is 29.9 Å². The molecule has 0 spiro atoms. The lowest BCUT2D eigenvalue weighted by Gasteiger charge is -2.29. The Morgan fingerprint density at radius 1 is 1.03 bits per heavy atom. The molecule has 0 saturated carbocycles. The Kier molecular flexibility index (Phi) is 7.05. The zero-order valence-electron chi connectivity index (χ0n) is 20.0. The fourth-order valence-electron chi connectivity index (χ4n) is 4.32. The van der Waals surface area contributed by atoms with E-state index in [1.54, 1.807) is 35.2 Å². The molecule has 0 radical (unpaired) electrons. The molecule has 1 N–H and O–H groups in total. The van der Waals surface area contributed by atoms with Gasteiger partial charge in [0.25, 0.3) is 11.6 Å². The largest absolute Gasteiger partial charge is 0.493 e. The van der Waals surface area contributed by atoms with Gasteiger partial charge in [-0.1, -0.05) is 24.3 Å². The Hall–Kier alpha value is -4.60. The molecule has 1 aliphatic heterocycles. The summed E-state index contributed by atoms with van der Waals surface area (Å²) in [5, 5.41) is 13.8. The average Bonchev–Trinajstić information content (AvgIpc) is 3.22. The SMILES string of the molecule is COc1cc(C(CC(=O)Nc2cccc([N+](=O)[O-])c2)N2Cc3ccccc3C2=O)cc(OC)c1OC. The third kappa shape index (κ3) is 4.78. The molecule has 3 aromatic carbocycles. The van der Waals surface area contributed by atoms with Gasteiger partial charge in [0.05, 0.1) is 38.7 Å². The molecule has 1 atom stereocenters. The maximum absolute atomic E-state index is 13.3. The smallest absolute Gasteiger partial charge is 0.271 e. The average molecular weight is 492 g/mol. The summed E-state index contributed by atoms with van der Waals surface area (Å²) in [5.41, 5.74) is 2.20. The van der Waals surface area contributed by atoms with Crippen molar-refractivity contribution >= 4 is 23.2 Å². The first-order valence-electron chi connectivity index (χ1n) is 11.1. The normalized spacial score (nSPS) is 13.1. The summed E-state index contributed by atoms with van der Waals surface area (Å²) in [6.07, 6.45) is -0.110. The third-order valence-electron chi connectivity index (χ3n) is 6.02. The van der Waals surface area contributed by atoms with Crippen molar-refractivity contribution in [2.45, 2.75) is 19.0 Å². The number of amides is 2. The number of hydrogen-bond donors (Lipinski definition) is 1. The molecule has 36 heavy (non-hydrogen) atoms. The van der Waals surface area contributed by atoms with E-state index in [9.17, 15) is 19.7 Å². The highest BCUT2D eigenvalue weighted by atomic mass is 16.6. The summed E-state index contributed by atoms with van der Waals surface area (Å²) in [7, 11) is 4.47. The first-order valence-corrected chi connectivity index (χ1v) is 11.1. The lowest BCUT2D eigenvalue weighted by Crippen LogP contribution is -2.32. The number of ether oxygens (including phenoxy) is 3. The predicted octanol–water partition coefficient (Wildman–Crippen LogP) is 4.35. The maximum atomic E-state index is 13.3. The Balaban J connectivity index is 1.70. The van der Waals surface area contributed by atoms with Crippen LogP contribution in [0.25, 0.3) is 0 Å². The number of nitrogens with one attached hydrogen (secondary N) is 1. The van der Waals surface area contributed by atoms with E-state index in [-0.39, 0.29) is 23.7 Å². The first kappa shape index (κ1) is 24.5. The van der Waals surface area contributed by atoms with Gasteiger partial charge in [0.15, 0.2) is 11.5 Å². The molecule has 2 amide bonds. The highest BCUT2D eigenvalue weighted by Gasteiger charge is 2.35. The second-order valence-corrected chi connectivity index (χ2v) is 8.12. The molecule has 1 heterocycles. The van der Waals surface area contributed by atoms with Crippen LogP contribution in [0.5, 0.6) is 17.2 Å². The number of rotatable bonds is 9. The molecule has 186 valence electrons. The number of carbonyl (C=O) groups excluding carboxylic acids is 2. The number of methoxy groups -OCH3 is 3. The topological polar surface area (TPSA) is 120 Å². The molecule has 0 aliphatic carbocycles. The third-order valence-corrected chi connectivity index (χ3v) is 6.02. The quantitative estimate of drug-likeness (QED) is 0.349. The van der Waals surface area contributed by atoms with Crippen molar-refractivity contribution in [3.05, 3.63) is 87.5 Å². The van der Waals surface area contributed by atoms with E-state index in [4.69, 9.17) is 14.2 Å². The van der Waals surface area contributed by atoms with E-state index >= 15 is 0 Å². The van der Waals surface area contributed by atoms with Crippen LogP contribution in [0.2, 0.25) is 0 Å². The van der Waals surface area contributed by atoms with Crippen molar-refractivity contribution in [3.63, 3.8) is 0 Å². The van der Waals surface area contributed by atoms with Crippen molar-refractivity contribution < 1.29 is 28.7 Å². The van der Waals surface area contributed by atoms with Gasteiger partial charge in [0.2, 0.25) is 11.7 Å². The number of anilines is 1. The monoisotopic (exact) mass is 491 g/mol. The Morgan fingerprint density at radius 2 is 1.72 bits per heavy atom. The van der Waals surface area contributed by atoms with Gasteiger partial charge in [0.1, 0.15) is 0 Å². The molecule has 4 rings (SSSR count). The second kappa shape index (κ2) is 10.3. The summed E-state index contributed by atoms with van der Waals surface area (Å²) in [5.74, 6) is 0.547. The van der Waals surface area contributed by atoms with E-state index in [0.29, 0.717) is 34.9 Å². The summed E-state index contributed by atoms with van der Waals surface area (Å²) >= 11 is 0. The summed E-state index contributed by atoms with van der Waals surface area (Å²) in [6, 6.07) is 15.7. The van der Waals surface area contributed by atoms with Gasteiger partial charge in [-0.05, 0) is 35.4 Å². The van der Waals surface area contributed by atoms with E-state index < -0.39 is 16.9 Å². The van der Waals surface area contributed by atoms with Crippen LogP contribution >= 0.6 is 0 Å². The van der Waals surface area contributed by atoms with Crippen LogP contribution < -0.4 is 19.5 Å². The molecular weight excluding hydrogens is 466 g/mol. The molecule has 0 fully saturated rings. The Morgan fingerprint density at radius 3 is 2.33 bits per heavy atom. The molecule has 10 nitrogen and oxygen atoms in total. The highest BCUT2D eigenvalue weighted by molar-refractivity contribution is 5.99. The van der Waals surface area contributed by atoms with Crippen molar-refractivity contribution in [1.82, 2.24) is 4.90 Å². The van der Waals surface area contributed by atoms with Crippen molar-refractivity contribution in [2.75, 3.05) is 26.6 Å². The standard InChI is InChI=1S/C26H25N3O7/c1-34-22-11-17(12-23(35-2)25(22)36-3)21(28-15-16-7-4-5-10-20(16)26(28)31)14-24(30)27-18-8-6-9-19(13-18)29(32)33/h4-13,21H,14-15H2,1-3H3,(H,27,30). The zero-order valence-corrected chi connectivity index (χ0v) is 20.0. The van der Waals surface area contributed by atoms with E-state index in [2.05, 4.69) is 5.32 Å². The Bertz CT molecular complexity index is 1300. The van der Waals surface area contributed by atoms with Crippen LogP contribution in [0.3, 0.4) is 0 Å². The lowest BCUT2D eigenvalue weighted by molar-refractivity contribution is -0.384. The number of nitro groups is 1. The number of hydrogen-bond acceptors (Lipinski definition) is 7. The second-order valence-electron chi connectivity index (χ2n) is 8.12. The molecule has 1 unspecified atom stereocenters. The fourth-order valence-corrected chi connectivity index (χ4v) is 4.32. The minimum atomic E-state index is -0.683. The number of fused-ring (bicyclic) bond motifs is 1. The Labute approximate surface area is 207 Å². The minimum Gasteiger partial charge on any atom is -0.493 e. The molecule has 0 saturated heterocycles. The van der Waals surface area contributed by atoms with Crippen molar-refractivity contribution in [1.29, 1.82) is 0 Å².